The van der Waals surface area contributed by atoms with E-state index in [-0.39, 0.29) is 0 Å². The van der Waals surface area contributed by atoms with Crippen LogP contribution in [-0.2, 0) is 0 Å². The van der Waals surface area contributed by atoms with Crippen LogP contribution in [0.4, 0.5) is 23.2 Å². The first-order chi connectivity index (χ1) is 9.80. The van der Waals surface area contributed by atoms with Gasteiger partial charge in [0.2, 0.25) is 0 Å². The van der Waals surface area contributed by atoms with E-state index in [1.165, 1.54) is 18.2 Å². The molecule has 0 heterocycles. The molecule has 0 radical (unpaired) electrons. The Morgan fingerprint density at radius 1 is 1.10 bits per heavy atom. The van der Waals surface area contributed by atoms with Gasteiger partial charge in [-0.3, -0.25) is 0 Å². The minimum Gasteiger partial charge on any atom is -0.403 e. The number of nitrogens with zero attached hydrogens (tertiary/aromatic N) is 3. The second-order valence-corrected chi connectivity index (χ2v) is 3.40. The molecule has 106 valence electrons. The van der Waals surface area contributed by atoms with Gasteiger partial charge >= 0.3 is 6.36 Å². The average Bonchev–Trinajstić information content (AvgIpc) is 2.39. The molecule has 0 saturated heterocycles. The molecular weight excluding hydrogens is 292 g/mol. The molecular formula is C12H4F4N4O. The molecule has 0 aliphatic rings. The van der Waals surface area contributed by atoms with Gasteiger partial charge in [-0.2, -0.15) is 15.8 Å². The third kappa shape index (κ3) is 4.41. The van der Waals surface area contributed by atoms with Crippen molar-refractivity contribution in [3.05, 3.63) is 35.3 Å². The van der Waals surface area contributed by atoms with Crippen LogP contribution < -0.4 is 10.1 Å². The largest absolute Gasteiger partial charge is 0.573 e. The number of ether oxygens (including phenoxy) is 1. The quantitative estimate of drug-likeness (QED) is 0.683. The fourth-order valence-corrected chi connectivity index (χ4v) is 1.23. The van der Waals surface area contributed by atoms with E-state index in [9.17, 15) is 17.6 Å². The van der Waals surface area contributed by atoms with Crippen LogP contribution >= 0.6 is 0 Å². The maximum Gasteiger partial charge on any atom is 0.573 e. The minimum atomic E-state index is -5.08. The molecule has 0 spiro atoms. The molecule has 0 aliphatic carbocycles. The van der Waals surface area contributed by atoms with Crippen molar-refractivity contribution in [3.63, 3.8) is 0 Å². The number of halogens is 4. The summed E-state index contributed by atoms with van der Waals surface area (Å²) in [4.78, 5) is 0. The van der Waals surface area contributed by atoms with E-state index in [4.69, 9.17) is 15.8 Å². The Kier molecular flexibility index (Phi) is 4.72. The maximum absolute atomic E-state index is 13.0. The zero-order chi connectivity index (χ0) is 16.0. The summed E-state index contributed by atoms with van der Waals surface area (Å²) in [7, 11) is 0. The van der Waals surface area contributed by atoms with E-state index in [2.05, 4.69) is 10.1 Å². The third-order valence-corrected chi connectivity index (χ3v) is 2.01. The molecule has 0 saturated carbocycles. The molecule has 0 aromatic heterocycles. The lowest BCUT2D eigenvalue weighted by molar-refractivity contribution is -0.274. The van der Waals surface area contributed by atoms with E-state index < -0.39 is 34.9 Å². The van der Waals surface area contributed by atoms with Gasteiger partial charge in [0.05, 0.1) is 5.69 Å². The number of nitriles is 3. The van der Waals surface area contributed by atoms with Crippen molar-refractivity contribution in [1.82, 2.24) is 0 Å². The number of hydrogen-bond acceptors (Lipinski definition) is 5. The highest BCUT2D eigenvalue weighted by Crippen LogP contribution is 2.32. The Bertz CT molecular complexity index is 688. The van der Waals surface area contributed by atoms with E-state index >= 15 is 0 Å². The van der Waals surface area contributed by atoms with Crippen molar-refractivity contribution in [2.45, 2.75) is 6.36 Å². The summed E-state index contributed by atoms with van der Waals surface area (Å²) in [6.07, 6.45) is -5.08. The maximum atomic E-state index is 13.0. The molecule has 0 fully saturated rings. The first-order valence-electron chi connectivity index (χ1n) is 5.07. The molecule has 0 atom stereocenters. The number of alkyl halides is 3. The summed E-state index contributed by atoms with van der Waals surface area (Å²) in [5.41, 5.74) is -1.65. The highest BCUT2D eigenvalue weighted by atomic mass is 19.4. The fourth-order valence-electron chi connectivity index (χ4n) is 1.23. The summed E-state index contributed by atoms with van der Waals surface area (Å²) in [6, 6.07) is 6.39. The van der Waals surface area contributed by atoms with Crippen LogP contribution in [0.25, 0.3) is 0 Å². The Balaban J connectivity index is 3.27. The molecule has 0 amide bonds. The third-order valence-electron chi connectivity index (χ3n) is 2.01. The van der Waals surface area contributed by atoms with E-state index in [0.717, 1.165) is 12.1 Å². The second-order valence-electron chi connectivity index (χ2n) is 3.40. The predicted octanol–water partition coefficient (Wildman–Crippen LogP) is 2.96. The Morgan fingerprint density at radius 2 is 1.71 bits per heavy atom. The summed E-state index contributed by atoms with van der Waals surface area (Å²) in [5, 5.41) is 28.1. The molecule has 0 bridgehead atoms. The van der Waals surface area contributed by atoms with E-state index in [1.54, 1.807) is 0 Å². The van der Waals surface area contributed by atoms with Gasteiger partial charge in [-0.05, 0) is 12.1 Å². The lowest BCUT2D eigenvalue weighted by atomic mass is 10.2. The number of hydrogen-bond donors (Lipinski definition) is 1. The summed E-state index contributed by atoms with van der Waals surface area (Å²) >= 11 is 0. The number of anilines is 1. The van der Waals surface area contributed by atoms with Crippen LogP contribution in [0.5, 0.6) is 5.75 Å². The number of rotatable bonds is 3. The molecule has 1 N–H and O–H groups in total. The van der Waals surface area contributed by atoms with Crippen LogP contribution in [0.1, 0.15) is 0 Å². The molecule has 9 heteroatoms. The molecule has 21 heavy (non-hydrogen) atoms. The van der Waals surface area contributed by atoms with Crippen LogP contribution in [-0.4, -0.2) is 6.36 Å². The zero-order valence-electron chi connectivity index (χ0n) is 9.99. The van der Waals surface area contributed by atoms with Gasteiger partial charge in [0.15, 0.2) is 11.3 Å². The van der Waals surface area contributed by atoms with E-state index in [1.807, 2.05) is 0 Å². The second kappa shape index (κ2) is 6.27. The van der Waals surface area contributed by atoms with Gasteiger partial charge in [-0.25, -0.2) is 4.39 Å². The van der Waals surface area contributed by atoms with Crippen molar-refractivity contribution in [2.24, 2.45) is 0 Å². The summed E-state index contributed by atoms with van der Waals surface area (Å²) in [5.74, 6) is -1.94. The van der Waals surface area contributed by atoms with Gasteiger partial charge in [-0.1, -0.05) is 0 Å². The lowest BCUT2D eigenvalue weighted by Crippen LogP contribution is -2.18. The standard InChI is InChI=1S/C12H4F4N4O/c13-8-1-2-9(11(3-8)21-12(14,15)16)20-10(6-19)7(4-17)5-18/h1-3,20H. The molecule has 0 aliphatic heterocycles. The molecule has 5 nitrogen and oxygen atoms in total. The lowest BCUT2D eigenvalue weighted by Gasteiger charge is -2.14. The zero-order valence-corrected chi connectivity index (χ0v) is 9.99. The molecule has 1 aromatic rings. The highest BCUT2D eigenvalue weighted by Gasteiger charge is 2.32. The predicted molar refractivity (Wildman–Crippen MR) is 60.6 cm³/mol. The molecule has 0 unspecified atom stereocenters. The monoisotopic (exact) mass is 296 g/mol. The van der Waals surface area contributed by atoms with Crippen molar-refractivity contribution >= 4 is 5.69 Å². The van der Waals surface area contributed by atoms with Crippen molar-refractivity contribution in [3.8, 4) is 24.0 Å². The van der Waals surface area contributed by atoms with Gasteiger partial charge in [0, 0.05) is 6.07 Å². The topological polar surface area (TPSA) is 92.6 Å². The van der Waals surface area contributed by atoms with Gasteiger partial charge < -0.3 is 10.1 Å². The summed E-state index contributed by atoms with van der Waals surface area (Å²) in [6.45, 7) is 0. The first-order valence-corrected chi connectivity index (χ1v) is 5.07. The van der Waals surface area contributed by atoms with Crippen LogP contribution in [0.2, 0.25) is 0 Å². The van der Waals surface area contributed by atoms with E-state index in [0.29, 0.717) is 6.07 Å². The number of allylic oxidation sites excluding steroid dienone is 2. The molecule has 1 rings (SSSR count). The van der Waals surface area contributed by atoms with Gasteiger partial charge in [0.25, 0.3) is 0 Å². The SMILES string of the molecule is N#CC(C#N)=C(C#N)Nc1ccc(F)cc1OC(F)(F)F. The number of benzene rings is 1. The summed E-state index contributed by atoms with van der Waals surface area (Å²) < 4.78 is 53.2. The van der Waals surface area contributed by atoms with Crippen LogP contribution in [0.15, 0.2) is 29.5 Å². The smallest absolute Gasteiger partial charge is 0.403 e. The fraction of sp³-hybridized carbons (Fsp3) is 0.0833. The number of nitrogens with one attached hydrogen (secondary N) is 1. The highest BCUT2D eigenvalue weighted by molar-refractivity contribution is 5.64. The normalized spacial score (nSPS) is 9.76. The molecule has 1 aromatic carbocycles. The Hall–Kier alpha value is -3.25. The Labute approximate surface area is 115 Å². The van der Waals surface area contributed by atoms with Crippen LogP contribution in [0, 0.1) is 39.8 Å². The minimum absolute atomic E-state index is 0.423. The van der Waals surface area contributed by atoms with Crippen molar-refractivity contribution in [2.75, 3.05) is 5.32 Å². The van der Waals surface area contributed by atoms with Crippen LogP contribution in [0.3, 0.4) is 0 Å². The van der Waals surface area contributed by atoms with Gasteiger partial charge in [0.1, 0.15) is 29.7 Å². The van der Waals surface area contributed by atoms with Crippen molar-refractivity contribution < 1.29 is 22.3 Å². The average molecular weight is 296 g/mol. The Morgan fingerprint density at radius 3 is 2.19 bits per heavy atom. The first kappa shape index (κ1) is 15.8. The van der Waals surface area contributed by atoms with Crippen molar-refractivity contribution in [1.29, 1.82) is 15.8 Å². The van der Waals surface area contributed by atoms with Gasteiger partial charge in [-0.15, -0.1) is 13.2 Å².